The highest BCUT2D eigenvalue weighted by atomic mass is 16.5. The summed E-state index contributed by atoms with van der Waals surface area (Å²) < 4.78 is 5.86. The first-order valence-corrected chi connectivity index (χ1v) is 6.88. The maximum absolute atomic E-state index is 5.86. The maximum atomic E-state index is 5.86. The van der Waals surface area contributed by atoms with E-state index < -0.39 is 0 Å². The van der Waals surface area contributed by atoms with Gasteiger partial charge >= 0.3 is 0 Å². The molecule has 0 radical (unpaired) electrons. The Balaban J connectivity index is 2.21. The Morgan fingerprint density at radius 1 is 1.10 bits per heavy atom. The van der Waals surface area contributed by atoms with E-state index in [1.807, 2.05) is 38.5 Å². The number of nitrogens with zero attached hydrogens (tertiary/aromatic N) is 2. The summed E-state index contributed by atoms with van der Waals surface area (Å²) in [6.45, 7) is 5.80. The van der Waals surface area contributed by atoms with Gasteiger partial charge in [0.05, 0.1) is 5.69 Å². The largest absolute Gasteiger partial charge is 0.492 e. The minimum Gasteiger partial charge on any atom is -0.492 e. The van der Waals surface area contributed by atoms with Gasteiger partial charge in [0.25, 0.3) is 0 Å². The van der Waals surface area contributed by atoms with Crippen LogP contribution in [-0.2, 0) is 0 Å². The van der Waals surface area contributed by atoms with Crippen LogP contribution in [0.1, 0.15) is 11.1 Å². The van der Waals surface area contributed by atoms with Crippen LogP contribution in [0.15, 0.2) is 36.5 Å². The maximum Gasteiger partial charge on any atom is 0.122 e. The summed E-state index contributed by atoms with van der Waals surface area (Å²) >= 11 is 0. The first-order valence-electron chi connectivity index (χ1n) is 6.88. The van der Waals surface area contributed by atoms with Crippen molar-refractivity contribution in [3.63, 3.8) is 0 Å². The van der Waals surface area contributed by atoms with Gasteiger partial charge in [-0.05, 0) is 63.3 Å². The molecule has 0 aliphatic rings. The number of aryl methyl sites for hydroxylation is 2. The van der Waals surface area contributed by atoms with E-state index in [2.05, 4.69) is 35.9 Å². The van der Waals surface area contributed by atoms with E-state index in [4.69, 9.17) is 4.74 Å². The molecule has 0 aliphatic heterocycles. The third kappa shape index (κ3) is 3.58. The minimum absolute atomic E-state index is 0.705. The monoisotopic (exact) mass is 270 g/mol. The van der Waals surface area contributed by atoms with Crippen LogP contribution in [-0.4, -0.2) is 37.1 Å². The van der Waals surface area contributed by atoms with Gasteiger partial charge in [-0.15, -0.1) is 0 Å². The van der Waals surface area contributed by atoms with Crippen molar-refractivity contribution in [1.29, 1.82) is 0 Å². The molecular weight excluding hydrogens is 248 g/mol. The van der Waals surface area contributed by atoms with Gasteiger partial charge in [0.2, 0.25) is 0 Å². The number of benzene rings is 1. The third-order valence-electron chi connectivity index (χ3n) is 3.26. The molecule has 0 saturated carbocycles. The van der Waals surface area contributed by atoms with Gasteiger partial charge in [0.1, 0.15) is 12.4 Å². The second-order valence-electron chi connectivity index (χ2n) is 5.30. The molecule has 2 rings (SSSR count). The van der Waals surface area contributed by atoms with E-state index in [1.165, 1.54) is 11.1 Å². The highest BCUT2D eigenvalue weighted by molar-refractivity contribution is 5.66. The number of hydrogen-bond acceptors (Lipinski definition) is 3. The average Bonchev–Trinajstić information content (AvgIpc) is 2.43. The van der Waals surface area contributed by atoms with Crippen LogP contribution in [0.4, 0.5) is 0 Å². The predicted octanol–water partition coefficient (Wildman–Crippen LogP) is 3.31. The molecule has 0 saturated heterocycles. The Morgan fingerprint density at radius 3 is 2.55 bits per heavy atom. The number of aromatic nitrogens is 1. The van der Waals surface area contributed by atoms with Gasteiger partial charge in [0.15, 0.2) is 0 Å². The summed E-state index contributed by atoms with van der Waals surface area (Å²) in [6.07, 6.45) is 1.83. The fraction of sp³-hybridized carbons (Fsp3) is 0.353. The van der Waals surface area contributed by atoms with Crippen LogP contribution < -0.4 is 4.74 Å². The number of likely N-dealkylation sites (N-methyl/N-ethyl adjacent to an activating group) is 1. The third-order valence-corrected chi connectivity index (χ3v) is 3.26. The molecule has 1 aromatic carbocycles. The van der Waals surface area contributed by atoms with E-state index in [1.54, 1.807) is 0 Å². The number of pyridine rings is 1. The lowest BCUT2D eigenvalue weighted by Gasteiger charge is -2.15. The lowest BCUT2D eigenvalue weighted by molar-refractivity contribution is 0.260. The van der Waals surface area contributed by atoms with Crippen LogP contribution >= 0.6 is 0 Å². The van der Waals surface area contributed by atoms with Gasteiger partial charge < -0.3 is 9.64 Å². The van der Waals surface area contributed by atoms with Crippen molar-refractivity contribution in [2.45, 2.75) is 13.8 Å². The lowest BCUT2D eigenvalue weighted by Crippen LogP contribution is -2.19. The highest BCUT2D eigenvalue weighted by Gasteiger charge is 2.08. The molecule has 0 spiro atoms. The molecule has 3 nitrogen and oxygen atoms in total. The molecule has 0 bridgehead atoms. The van der Waals surface area contributed by atoms with Gasteiger partial charge in [-0.1, -0.05) is 6.07 Å². The molecule has 1 aromatic heterocycles. The van der Waals surface area contributed by atoms with E-state index in [9.17, 15) is 0 Å². The van der Waals surface area contributed by atoms with Crippen molar-refractivity contribution in [3.8, 4) is 17.0 Å². The molecule has 106 valence electrons. The molecule has 0 unspecified atom stereocenters. The van der Waals surface area contributed by atoms with Crippen molar-refractivity contribution in [2.24, 2.45) is 0 Å². The zero-order valence-corrected chi connectivity index (χ0v) is 12.7. The van der Waals surface area contributed by atoms with Crippen LogP contribution in [0, 0.1) is 13.8 Å². The van der Waals surface area contributed by atoms with Crippen molar-refractivity contribution in [1.82, 2.24) is 9.88 Å². The summed E-state index contributed by atoms with van der Waals surface area (Å²) in [5.41, 5.74) is 4.51. The Hall–Kier alpha value is -1.87. The summed E-state index contributed by atoms with van der Waals surface area (Å²) in [6, 6.07) is 10.2. The van der Waals surface area contributed by atoms with Gasteiger partial charge in [-0.2, -0.15) is 0 Å². The SMILES string of the molecule is Cc1cc(-c2ccccn2)c(C)cc1OCCN(C)C. The first-order chi connectivity index (χ1) is 9.58. The van der Waals surface area contributed by atoms with Crippen molar-refractivity contribution in [2.75, 3.05) is 27.2 Å². The Bertz CT molecular complexity index is 565. The standard InChI is InChI=1S/C17H22N2O/c1-13-12-17(20-10-9-19(3)4)14(2)11-15(13)16-7-5-6-8-18-16/h5-8,11-12H,9-10H2,1-4H3. The second kappa shape index (κ2) is 6.53. The molecule has 1 heterocycles. The quantitative estimate of drug-likeness (QED) is 0.833. The molecular formula is C17H22N2O. The Kier molecular flexibility index (Phi) is 4.74. The Morgan fingerprint density at radius 2 is 1.90 bits per heavy atom. The van der Waals surface area contributed by atoms with Crippen LogP contribution in [0.3, 0.4) is 0 Å². The predicted molar refractivity (Wildman–Crippen MR) is 83.2 cm³/mol. The second-order valence-corrected chi connectivity index (χ2v) is 5.30. The summed E-state index contributed by atoms with van der Waals surface area (Å²) in [5, 5.41) is 0. The van der Waals surface area contributed by atoms with Crippen molar-refractivity contribution >= 4 is 0 Å². The first kappa shape index (κ1) is 14.5. The van der Waals surface area contributed by atoms with Crippen LogP contribution in [0.5, 0.6) is 5.75 Å². The van der Waals surface area contributed by atoms with Gasteiger partial charge in [-0.25, -0.2) is 0 Å². The highest BCUT2D eigenvalue weighted by Crippen LogP contribution is 2.28. The number of hydrogen-bond donors (Lipinski definition) is 0. The molecule has 2 aromatic rings. The van der Waals surface area contributed by atoms with Gasteiger partial charge in [-0.3, -0.25) is 4.98 Å². The van der Waals surface area contributed by atoms with Crippen molar-refractivity contribution in [3.05, 3.63) is 47.7 Å². The molecule has 20 heavy (non-hydrogen) atoms. The van der Waals surface area contributed by atoms with E-state index >= 15 is 0 Å². The topological polar surface area (TPSA) is 25.4 Å². The lowest BCUT2D eigenvalue weighted by atomic mass is 10.0. The average molecular weight is 270 g/mol. The summed E-state index contributed by atoms with van der Waals surface area (Å²) in [7, 11) is 4.09. The zero-order chi connectivity index (χ0) is 14.5. The van der Waals surface area contributed by atoms with Crippen LogP contribution in [0.25, 0.3) is 11.3 Å². The fourth-order valence-electron chi connectivity index (χ4n) is 2.08. The summed E-state index contributed by atoms with van der Waals surface area (Å²) in [5.74, 6) is 0.962. The van der Waals surface area contributed by atoms with Gasteiger partial charge in [0, 0.05) is 18.3 Å². The van der Waals surface area contributed by atoms with Crippen molar-refractivity contribution < 1.29 is 4.74 Å². The van der Waals surface area contributed by atoms with Crippen LogP contribution in [0.2, 0.25) is 0 Å². The van der Waals surface area contributed by atoms with E-state index in [-0.39, 0.29) is 0 Å². The molecule has 3 heteroatoms. The molecule has 0 atom stereocenters. The smallest absolute Gasteiger partial charge is 0.122 e. The number of rotatable bonds is 5. The zero-order valence-electron chi connectivity index (χ0n) is 12.7. The minimum atomic E-state index is 0.705. The fourth-order valence-corrected chi connectivity index (χ4v) is 2.08. The Labute approximate surface area is 121 Å². The molecule has 0 N–H and O–H groups in total. The number of ether oxygens (including phenoxy) is 1. The van der Waals surface area contributed by atoms with E-state index in [0.29, 0.717) is 6.61 Å². The normalized spacial score (nSPS) is 10.8. The molecule has 0 amide bonds. The van der Waals surface area contributed by atoms with E-state index in [0.717, 1.165) is 23.6 Å². The molecule has 0 fully saturated rings. The molecule has 0 aliphatic carbocycles. The summed E-state index contributed by atoms with van der Waals surface area (Å²) in [4.78, 5) is 6.53.